The molecule has 0 aromatic carbocycles. The number of carbonyl (C=O) groups excluding carboxylic acids is 1. The van der Waals surface area contributed by atoms with E-state index in [0.29, 0.717) is 6.04 Å². The van der Waals surface area contributed by atoms with Crippen LogP contribution in [0, 0.1) is 5.92 Å². The summed E-state index contributed by atoms with van der Waals surface area (Å²) >= 11 is 0. The van der Waals surface area contributed by atoms with E-state index in [0.717, 1.165) is 25.3 Å². The molecule has 2 N–H and O–H groups in total. The van der Waals surface area contributed by atoms with Crippen molar-refractivity contribution >= 4 is 18.3 Å². The number of hydrogen-bond donors (Lipinski definition) is 2. The van der Waals surface area contributed by atoms with E-state index in [9.17, 15) is 4.79 Å². The van der Waals surface area contributed by atoms with Crippen molar-refractivity contribution in [1.29, 1.82) is 0 Å². The first-order valence-electron chi connectivity index (χ1n) is 6.29. The second kappa shape index (κ2) is 6.45. The van der Waals surface area contributed by atoms with Crippen LogP contribution in [0.1, 0.15) is 45.4 Å². The third-order valence-corrected chi connectivity index (χ3v) is 3.66. The molecular formula is C12H23ClN2O. The normalized spacial score (nSPS) is 34.2. The van der Waals surface area contributed by atoms with Gasteiger partial charge in [-0.2, -0.15) is 0 Å². The van der Waals surface area contributed by atoms with Crippen molar-refractivity contribution in [3.63, 3.8) is 0 Å². The van der Waals surface area contributed by atoms with E-state index in [2.05, 4.69) is 17.6 Å². The molecule has 2 fully saturated rings. The third-order valence-electron chi connectivity index (χ3n) is 3.66. The molecule has 4 heteroatoms. The maximum Gasteiger partial charge on any atom is 0.237 e. The molecule has 1 amide bonds. The number of carbonyl (C=O) groups is 1. The number of halogens is 1. The predicted molar refractivity (Wildman–Crippen MR) is 67.8 cm³/mol. The van der Waals surface area contributed by atoms with E-state index in [4.69, 9.17) is 0 Å². The van der Waals surface area contributed by atoms with Crippen molar-refractivity contribution in [2.75, 3.05) is 6.54 Å². The molecular weight excluding hydrogens is 224 g/mol. The summed E-state index contributed by atoms with van der Waals surface area (Å²) in [6, 6.07) is 0.519. The van der Waals surface area contributed by atoms with Crippen molar-refractivity contribution < 1.29 is 4.79 Å². The largest absolute Gasteiger partial charge is 0.352 e. The number of hydrogen-bond acceptors (Lipinski definition) is 2. The van der Waals surface area contributed by atoms with Gasteiger partial charge in [-0.25, -0.2) is 0 Å². The summed E-state index contributed by atoms with van der Waals surface area (Å²) in [5.41, 5.74) is 0. The fourth-order valence-electron chi connectivity index (χ4n) is 2.78. The van der Waals surface area contributed by atoms with Gasteiger partial charge in [0.2, 0.25) is 5.91 Å². The highest BCUT2D eigenvalue weighted by Crippen LogP contribution is 2.23. The SMILES string of the molecule is CC1CCCC(NC(=O)[C@@H]2CCCN2)C1.Cl. The molecule has 0 aromatic rings. The lowest BCUT2D eigenvalue weighted by atomic mass is 9.87. The Morgan fingerprint density at radius 2 is 2.06 bits per heavy atom. The lowest BCUT2D eigenvalue weighted by Crippen LogP contribution is -2.46. The summed E-state index contributed by atoms with van der Waals surface area (Å²) in [6.45, 7) is 3.28. The lowest BCUT2D eigenvalue weighted by Gasteiger charge is -2.28. The maximum absolute atomic E-state index is 11.8. The van der Waals surface area contributed by atoms with Gasteiger partial charge in [-0.15, -0.1) is 12.4 Å². The molecule has 1 aliphatic carbocycles. The minimum atomic E-state index is 0. The first-order valence-corrected chi connectivity index (χ1v) is 6.29. The highest BCUT2D eigenvalue weighted by atomic mass is 35.5. The molecule has 2 aliphatic rings. The van der Waals surface area contributed by atoms with Crippen LogP contribution >= 0.6 is 12.4 Å². The molecule has 0 radical (unpaired) electrons. The Morgan fingerprint density at radius 3 is 2.69 bits per heavy atom. The van der Waals surface area contributed by atoms with E-state index in [-0.39, 0.29) is 24.4 Å². The predicted octanol–water partition coefficient (Wildman–Crippen LogP) is 1.86. The second-order valence-electron chi connectivity index (χ2n) is 5.13. The van der Waals surface area contributed by atoms with Crippen LogP contribution in [0.5, 0.6) is 0 Å². The molecule has 0 bridgehead atoms. The van der Waals surface area contributed by atoms with E-state index in [1.54, 1.807) is 0 Å². The molecule has 2 unspecified atom stereocenters. The molecule has 0 aromatic heterocycles. The monoisotopic (exact) mass is 246 g/mol. The summed E-state index contributed by atoms with van der Waals surface area (Å²) in [5, 5.41) is 6.43. The van der Waals surface area contributed by atoms with Crippen molar-refractivity contribution in [3.05, 3.63) is 0 Å². The minimum Gasteiger partial charge on any atom is -0.352 e. The summed E-state index contributed by atoms with van der Waals surface area (Å²) in [4.78, 5) is 11.8. The zero-order valence-electron chi connectivity index (χ0n) is 10.00. The van der Waals surface area contributed by atoms with Crippen LogP contribution in [0.4, 0.5) is 0 Å². The Labute approximate surface area is 104 Å². The Morgan fingerprint density at radius 1 is 1.25 bits per heavy atom. The molecule has 1 saturated carbocycles. The standard InChI is InChI=1S/C12H22N2O.ClH/c1-9-4-2-5-10(8-9)14-12(15)11-6-3-7-13-11;/h9-11,13H,2-8H2,1H3,(H,14,15);1H/t9?,10?,11-;/m0./s1. The quantitative estimate of drug-likeness (QED) is 0.781. The molecule has 1 saturated heterocycles. The summed E-state index contributed by atoms with van der Waals surface area (Å²) in [5.74, 6) is 1.01. The molecule has 3 atom stereocenters. The molecule has 3 nitrogen and oxygen atoms in total. The molecule has 1 aliphatic heterocycles. The molecule has 1 heterocycles. The van der Waals surface area contributed by atoms with Crippen LogP contribution in [-0.4, -0.2) is 24.5 Å². The van der Waals surface area contributed by atoms with Crippen molar-refractivity contribution in [1.82, 2.24) is 10.6 Å². The van der Waals surface area contributed by atoms with Gasteiger partial charge in [-0.05, 0) is 38.1 Å². The van der Waals surface area contributed by atoms with E-state index in [1.165, 1.54) is 25.7 Å². The fraction of sp³-hybridized carbons (Fsp3) is 0.917. The van der Waals surface area contributed by atoms with Crippen LogP contribution in [0.2, 0.25) is 0 Å². The average Bonchev–Trinajstić information content (AvgIpc) is 2.70. The zero-order chi connectivity index (χ0) is 10.7. The van der Waals surface area contributed by atoms with Gasteiger partial charge < -0.3 is 10.6 Å². The first kappa shape index (κ1) is 13.8. The van der Waals surface area contributed by atoms with Crippen LogP contribution in [0.3, 0.4) is 0 Å². The van der Waals surface area contributed by atoms with Gasteiger partial charge in [0.1, 0.15) is 0 Å². The summed E-state index contributed by atoms with van der Waals surface area (Å²) in [7, 11) is 0. The molecule has 0 spiro atoms. The van der Waals surface area contributed by atoms with Gasteiger partial charge in [-0.3, -0.25) is 4.79 Å². The van der Waals surface area contributed by atoms with Gasteiger partial charge in [0.15, 0.2) is 0 Å². The van der Waals surface area contributed by atoms with Crippen LogP contribution in [0.25, 0.3) is 0 Å². The molecule has 16 heavy (non-hydrogen) atoms. The smallest absolute Gasteiger partial charge is 0.237 e. The Balaban J connectivity index is 0.00000128. The topological polar surface area (TPSA) is 41.1 Å². The van der Waals surface area contributed by atoms with Crippen LogP contribution < -0.4 is 10.6 Å². The van der Waals surface area contributed by atoms with Gasteiger partial charge >= 0.3 is 0 Å². The maximum atomic E-state index is 11.8. The highest BCUT2D eigenvalue weighted by Gasteiger charge is 2.26. The Kier molecular flexibility index (Phi) is 5.56. The van der Waals surface area contributed by atoms with Gasteiger partial charge in [0.25, 0.3) is 0 Å². The van der Waals surface area contributed by atoms with Gasteiger partial charge in [0.05, 0.1) is 6.04 Å². The zero-order valence-corrected chi connectivity index (χ0v) is 10.8. The van der Waals surface area contributed by atoms with E-state index >= 15 is 0 Å². The highest BCUT2D eigenvalue weighted by molar-refractivity contribution is 5.85. The van der Waals surface area contributed by atoms with Crippen molar-refractivity contribution in [2.24, 2.45) is 5.92 Å². The third kappa shape index (κ3) is 3.63. The first-order chi connectivity index (χ1) is 7.25. The molecule has 2 rings (SSSR count). The van der Waals surface area contributed by atoms with Crippen LogP contribution in [0.15, 0.2) is 0 Å². The Bertz CT molecular complexity index is 229. The minimum absolute atomic E-state index is 0. The van der Waals surface area contributed by atoms with Gasteiger partial charge in [0, 0.05) is 6.04 Å². The number of amides is 1. The van der Waals surface area contributed by atoms with E-state index in [1.807, 2.05) is 0 Å². The van der Waals surface area contributed by atoms with Crippen LogP contribution in [-0.2, 0) is 4.79 Å². The number of nitrogens with one attached hydrogen (secondary N) is 2. The fourth-order valence-corrected chi connectivity index (χ4v) is 2.78. The van der Waals surface area contributed by atoms with Crippen molar-refractivity contribution in [3.8, 4) is 0 Å². The Hall–Kier alpha value is -0.280. The molecule has 94 valence electrons. The summed E-state index contributed by atoms with van der Waals surface area (Å²) in [6.07, 6.45) is 7.08. The lowest BCUT2D eigenvalue weighted by molar-refractivity contribution is -0.123. The van der Waals surface area contributed by atoms with E-state index < -0.39 is 0 Å². The average molecular weight is 247 g/mol. The van der Waals surface area contributed by atoms with Gasteiger partial charge in [-0.1, -0.05) is 19.8 Å². The number of rotatable bonds is 2. The summed E-state index contributed by atoms with van der Waals surface area (Å²) < 4.78 is 0. The van der Waals surface area contributed by atoms with Crippen molar-refractivity contribution in [2.45, 2.75) is 57.5 Å². The second-order valence-corrected chi connectivity index (χ2v) is 5.13.